The summed E-state index contributed by atoms with van der Waals surface area (Å²) in [5.74, 6) is 0.482. The largest absolute Gasteiger partial charge is 0.508 e. The van der Waals surface area contributed by atoms with Crippen LogP contribution in [0.4, 0.5) is 4.79 Å². The molecule has 1 aliphatic rings. The van der Waals surface area contributed by atoms with Gasteiger partial charge in [0.15, 0.2) is 0 Å². The molecule has 0 aromatic carbocycles. The molecule has 0 spiro atoms. The maximum absolute atomic E-state index is 10.6. The van der Waals surface area contributed by atoms with Crippen molar-refractivity contribution in [1.29, 1.82) is 0 Å². The van der Waals surface area contributed by atoms with Gasteiger partial charge in [-0.15, -0.1) is 0 Å². The molecule has 1 fully saturated rings. The third kappa shape index (κ3) is 1.54. The van der Waals surface area contributed by atoms with Gasteiger partial charge in [0, 0.05) is 5.41 Å². The zero-order chi connectivity index (χ0) is 9.19. The van der Waals surface area contributed by atoms with E-state index in [1.165, 1.54) is 0 Å². The van der Waals surface area contributed by atoms with E-state index in [0.29, 0.717) is 19.1 Å². The Morgan fingerprint density at radius 1 is 1.42 bits per heavy atom. The van der Waals surface area contributed by atoms with Crippen molar-refractivity contribution in [3.05, 3.63) is 0 Å². The number of hydrogen-bond donors (Lipinski definition) is 0. The highest BCUT2D eigenvalue weighted by molar-refractivity contribution is 5.60. The Kier molecular flexibility index (Phi) is 2.60. The normalized spacial score (nSPS) is 21.8. The van der Waals surface area contributed by atoms with Gasteiger partial charge < -0.3 is 9.47 Å². The zero-order valence-electron chi connectivity index (χ0n) is 7.92. The second-order valence-electron chi connectivity index (χ2n) is 3.70. The van der Waals surface area contributed by atoms with E-state index >= 15 is 0 Å². The molecule has 12 heavy (non-hydrogen) atoms. The fraction of sp³-hybridized carbons (Fsp3) is 0.889. The Hall–Kier alpha value is -0.730. The molecule has 1 saturated heterocycles. The molecule has 0 unspecified atom stereocenters. The molecular weight excluding hydrogens is 156 g/mol. The number of carbonyl (C=O) groups is 1. The van der Waals surface area contributed by atoms with Crippen LogP contribution in [-0.4, -0.2) is 19.4 Å². The summed E-state index contributed by atoms with van der Waals surface area (Å²) >= 11 is 0. The van der Waals surface area contributed by atoms with E-state index in [9.17, 15) is 4.79 Å². The van der Waals surface area contributed by atoms with Crippen LogP contribution in [0.5, 0.6) is 0 Å². The summed E-state index contributed by atoms with van der Waals surface area (Å²) in [5.41, 5.74) is 0.0356. The lowest BCUT2D eigenvalue weighted by molar-refractivity contribution is -0.0811. The fourth-order valence-electron chi connectivity index (χ4n) is 1.43. The van der Waals surface area contributed by atoms with Crippen LogP contribution in [-0.2, 0) is 9.47 Å². The van der Waals surface area contributed by atoms with Gasteiger partial charge in [-0.25, -0.2) is 4.79 Å². The molecule has 0 bridgehead atoms. The van der Waals surface area contributed by atoms with Gasteiger partial charge in [-0.1, -0.05) is 20.8 Å². The minimum atomic E-state index is -0.528. The molecule has 3 heteroatoms. The second kappa shape index (κ2) is 3.33. The zero-order valence-corrected chi connectivity index (χ0v) is 7.92. The third-order valence-corrected chi connectivity index (χ3v) is 2.88. The lowest BCUT2D eigenvalue weighted by Gasteiger charge is -2.38. The Labute approximate surface area is 73.0 Å². The summed E-state index contributed by atoms with van der Waals surface area (Å²) in [4.78, 5) is 10.6. The summed E-state index contributed by atoms with van der Waals surface area (Å²) in [5, 5.41) is 0. The SMILES string of the molecule is CCC1(C(C)C)COC(=O)OC1. The van der Waals surface area contributed by atoms with Crippen LogP contribution in [0.2, 0.25) is 0 Å². The maximum atomic E-state index is 10.6. The maximum Gasteiger partial charge on any atom is 0.508 e. The van der Waals surface area contributed by atoms with Gasteiger partial charge in [-0.05, 0) is 12.3 Å². The topological polar surface area (TPSA) is 35.5 Å². The first-order valence-corrected chi connectivity index (χ1v) is 4.40. The molecule has 0 radical (unpaired) electrons. The Morgan fingerprint density at radius 3 is 2.25 bits per heavy atom. The smallest absolute Gasteiger partial charge is 0.434 e. The summed E-state index contributed by atoms with van der Waals surface area (Å²) in [6.07, 6.45) is 0.456. The number of ether oxygens (including phenoxy) is 2. The van der Waals surface area contributed by atoms with E-state index in [-0.39, 0.29) is 5.41 Å². The molecule has 0 N–H and O–H groups in total. The van der Waals surface area contributed by atoms with Crippen LogP contribution in [0.25, 0.3) is 0 Å². The highest BCUT2D eigenvalue weighted by Crippen LogP contribution is 2.34. The highest BCUT2D eigenvalue weighted by atomic mass is 16.7. The van der Waals surface area contributed by atoms with Gasteiger partial charge >= 0.3 is 6.16 Å². The average Bonchev–Trinajstić information content (AvgIpc) is 2.06. The lowest BCUT2D eigenvalue weighted by Crippen LogP contribution is -2.42. The monoisotopic (exact) mass is 172 g/mol. The first-order valence-electron chi connectivity index (χ1n) is 4.40. The van der Waals surface area contributed by atoms with Crippen LogP contribution >= 0.6 is 0 Å². The number of rotatable bonds is 2. The lowest BCUT2D eigenvalue weighted by atomic mass is 9.76. The predicted octanol–water partition coefficient (Wildman–Crippen LogP) is 2.21. The molecule has 0 aliphatic carbocycles. The van der Waals surface area contributed by atoms with Crippen molar-refractivity contribution in [2.75, 3.05) is 13.2 Å². The minimum Gasteiger partial charge on any atom is -0.434 e. The van der Waals surface area contributed by atoms with Crippen molar-refractivity contribution in [1.82, 2.24) is 0 Å². The van der Waals surface area contributed by atoms with Gasteiger partial charge in [0.1, 0.15) is 13.2 Å². The predicted molar refractivity (Wildman–Crippen MR) is 44.9 cm³/mol. The highest BCUT2D eigenvalue weighted by Gasteiger charge is 2.38. The molecule has 1 rings (SSSR count). The van der Waals surface area contributed by atoms with E-state index in [4.69, 9.17) is 9.47 Å². The van der Waals surface area contributed by atoms with Crippen LogP contribution in [0.3, 0.4) is 0 Å². The molecule has 0 aromatic heterocycles. The van der Waals surface area contributed by atoms with E-state index in [2.05, 4.69) is 20.8 Å². The number of cyclic esters (lactones) is 2. The quantitative estimate of drug-likeness (QED) is 0.599. The van der Waals surface area contributed by atoms with Gasteiger partial charge in [0.2, 0.25) is 0 Å². The van der Waals surface area contributed by atoms with E-state index in [1.54, 1.807) is 0 Å². The molecule has 3 nitrogen and oxygen atoms in total. The van der Waals surface area contributed by atoms with Gasteiger partial charge in [-0.3, -0.25) is 0 Å². The minimum absolute atomic E-state index is 0.0356. The summed E-state index contributed by atoms with van der Waals surface area (Å²) in [7, 11) is 0. The molecule has 1 heterocycles. The fourth-order valence-corrected chi connectivity index (χ4v) is 1.43. The average molecular weight is 172 g/mol. The number of hydrogen-bond acceptors (Lipinski definition) is 3. The van der Waals surface area contributed by atoms with Crippen LogP contribution in [0.1, 0.15) is 27.2 Å². The Bertz CT molecular complexity index is 165. The van der Waals surface area contributed by atoms with Crippen molar-refractivity contribution in [2.45, 2.75) is 27.2 Å². The van der Waals surface area contributed by atoms with Crippen molar-refractivity contribution in [3.8, 4) is 0 Å². The molecule has 70 valence electrons. The first-order chi connectivity index (χ1) is 5.60. The number of carbonyl (C=O) groups excluding carboxylic acids is 1. The molecule has 0 aromatic rings. The molecule has 0 atom stereocenters. The summed E-state index contributed by atoms with van der Waals surface area (Å²) < 4.78 is 9.77. The molecule has 1 aliphatic heterocycles. The standard InChI is InChI=1S/C9H16O3/c1-4-9(7(2)3)5-11-8(10)12-6-9/h7H,4-6H2,1-3H3. The van der Waals surface area contributed by atoms with E-state index < -0.39 is 6.16 Å². The molecule has 0 amide bonds. The Morgan fingerprint density at radius 2 is 1.92 bits per heavy atom. The van der Waals surface area contributed by atoms with E-state index in [1.807, 2.05) is 0 Å². The van der Waals surface area contributed by atoms with Crippen LogP contribution in [0, 0.1) is 11.3 Å². The van der Waals surface area contributed by atoms with Gasteiger partial charge in [0.25, 0.3) is 0 Å². The van der Waals surface area contributed by atoms with Crippen molar-refractivity contribution >= 4 is 6.16 Å². The third-order valence-electron chi connectivity index (χ3n) is 2.88. The van der Waals surface area contributed by atoms with Crippen molar-refractivity contribution in [3.63, 3.8) is 0 Å². The summed E-state index contributed by atoms with van der Waals surface area (Å²) in [6.45, 7) is 7.36. The van der Waals surface area contributed by atoms with Crippen molar-refractivity contribution in [2.24, 2.45) is 11.3 Å². The second-order valence-corrected chi connectivity index (χ2v) is 3.70. The Balaban J connectivity index is 2.63. The van der Waals surface area contributed by atoms with Gasteiger partial charge in [0.05, 0.1) is 0 Å². The van der Waals surface area contributed by atoms with Crippen LogP contribution < -0.4 is 0 Å². The van der Waals surface area contributed by atoms with Crippen molar-refractivity contribution < 1.29 is 14.3 Å². The molecular formula is C9H16O3. The van der Waals surface area contributed by atoms with E-state index in [0.717, 1.165) is 6.42 Å². The first kappa shape index (κ1) is 9.36. The van der Waals surface area contributed by atoms with Crippen LogP contribution in [0.15, 0.2) is 0 Å². The summed E-state index contributed by atoms with van der Waals surface area (Å²) in [6, 6.07) is 0. The van der Waals surface area contributed by atoms with Gasteiger partial charge in [-0.2, -0.15) is 0 Å². The molecule has 0 saturated carbocycles.